The van der Waals surface area contributed by atoms with E-state index in [4.69, 9.17) is 34.7 Å². The summed E-state index contributed by atoms with van der Waals surface area (Å²) in [6, 6.07) is 17.9. The Morgan fingerprint density at radius 1 is 0.717 bits per heavy atom. The Morgan fingerprint density at radius 2 is 1.24 bits per heavy atom. The van der Waals surface area contributed by atoms with Gasteiger partial charge in [0.1, 0.15) is 23.3 Å². The lowest BCUT2D eigenvalue weighted by atomic mass is 10.0. The summed E-state index contributed by atoms with van der Waals surface area (Å²) in [6.07, 6.45) is -1.17. The number of fused-ring (bicyclic) bond motifs is 2. The molecule has 10 nitrogen and oxygen atoms in total. The lowest BCUT2D eigenvalue weighted by Crippen LogP contribution is -2.41. The average Bonchev–Trinajstić information content (AvgIpc) is 3.01. The highest BCUT2D eigenvalue weighted by molar-refractivity contribution is 6.39. The summed E-state index contributed by atoms with van der Waals surface area (Å²) in [6.45, 7) is -0.543. The summed E-state index contributed by atoms with van der Waals surface area (Å²) >= 11 is 12.8. The zero-order chi connectivity index (χ0) is 32.5. The van der Waals surface area contributed by atoms with E-state index in [1.807, 2.05) is 6.07 Å². The van der Waals surface area contributed by atoms with Gasteiger partial charge in [-0.2, -0.15) is 9.97 Å². The maximum Gasteiger partial charge on any atom is 0.222 e. The maximum atomic E-state index is 14.4. The van der Waals surface area contributed by atoms with Crippen LogP contribution in [0.5, 0.6) is 0 Å². The zero-order valence-electron chi connectivity index (χ0n) is 23.8. The Hall–Kier alpha value is -4.88. The molecule has 0 aliphatic rings. The van der Waals surface area contributed by atoms with Crippen molar-refractivity contribution in [1.29, 1.82) is 0 Å². The molecule has 234 valence electrons. The largest absolute Gasteiger partial charge is 0.394 e. The SMILES string of the molecule is Nc1nc(NCC(O)C(CO)Nc2nc(N)nc3cc(-c4c(F)cccc4F)ccc23)c2ccc(-c3c(Cl)cccc3Cl)cc2n1. The van der Waals surface area contributed by atoms with Gasteiger partial charge in [-0.05, 0) is 59.7 Å². The van der Waals surface area contributed by atoms with Crippen LogP contribution in [0.15, 0.2) is 72.8 Å². The van der Waals surface area contributed by atoms with Crippen molar-refractivity contribution in [2.24, 2.45) is 0 Å². The third kappa shape index (κ3) is 6.15. The van der Waals surface area contributed by atoms with Crippen molar-refractivity contribution >= 4 is 68.5 Å². The summed E-state index contributed by atoms with van der Waals surface area (Å²) in [5.74, 6) is -0.992. The van der Waals surface area contributed by atoms with Gasteiger partial charge in [0.2, 0.25) is 11.9 Å². The summed E-state index contributed by atoms with van der Waals surface area (Å²) in [4.78, 5) is 17.1. The predicted molar refractivity (Wildman–Crippen MR) is 178 cm³/mol. The van der Waals surface area contributed by atoms with E-state index >= 15 is 0 Å². The standard InChI is InChI=1S/C32H26Cl2F2N8O2/c33-19-3-1-4-20(34)27(19)15-7-9-17-23(11-15)41-31(37)43-29(17)39-13-26(46)25(14-45)40-30-18-10-8-16(12-24(18)42-32(38)44-30)28-21(35)5-2-6-22(28)36/h1-12,25-26,45-46H,13-14H2,(H3,37,39,41,43)(H3,38,40,42,44). The van der Waals surface area contributed by atoms with Crippen molar-refractivity contribution in [2.75, 3.05) is 35.3 Å². The molecule has 6 rings (SSSR count). The summed E-state index contributed by atoms with van der Waals surface area (Å²) in [5.41, 5.74) is 14.2. The average molecular weight is 664 g/mol. The Bertz CT molecular complexity index is 2060. The number of aromatic nitrogens is 4. The molecule has 6 aromatic rings. The first-order chi connectivity index (χ1) is 22.1. The fraction of sp³-hybridized carbons (Fsp3) is 0.125. The molecule has 2 heterocycles. The van der Waals surface area contributed by atoms with E-state index in [9.17, 15) is 19.0 Å². The molecule has 4 aromatic carbocycles. The van der Waals surface area contributed by atoms with E-state index in [0.29, 0.717) is 43.2 Å². The molecule has 2 unspecified atom stereocenters. The highest BCUT2D eigenvalue weighted by Crippen LogP contribution is 2.37. The van der Waals surface area contributed by atoms with E-state index in [-0.39, 0.29) is 35.4 Å². The molecule has 0 spiro atoms. The van der Waals surface area contributed by atoms with Gasteiger partial charge in [-0.25, -0.2) is 18.7 Å². The minimum atomic E-state index is -1.17. The van der Waals surface area contributed by atoms with E-state index in [0.717, 1.165) is 17.7 Å². The van der Waals surface area contributed by atoms with Crippen molar-refractivity contribution in [3.8, 4) is 22.3 Å². The van der Waals surface area contributed by atoms with Crippen LogP contribution in [-0.2, 0) is 0 Å². The second kappa shape index (κ2) is 12.9. The molecule has 0 saturated heterocycles. The number of nitrogens with zero attached hydrogens (tertiary/aromatic N) is 4. The molecular formula is C32H26Cl2F2N8O2. The highest BCUT2D eigenvalue weighted by Gasteiger charge is 2.22. The van der Waals surface area contributed by atoms with Crippen LogP contribution >= 0.6 is 23.2 Å². The predicted octanol–water partition coefficient (Wildman–Crippen LogP) is 5.90. The first-order valence-corrected chi connectivity index (χ1v) is 14.7. The minimum absolute atomic E-state index is 0.00120. The van der Waals surface area contributed by atoms with Crippen LogP contribution in [0.1, 0.15) is 0 Å². The van der Waals surface area contributed by atoms with Crippen LogP contribution in [0.25, 0.3) is 44.1 Å². The van der Waals surface area contributed by atoms with Gasteiger partial charge in [0.25, 0.3) is 0 Å². The molecule has 0 aliphatic heterocycles. The number of nitrogens with two attached hydrogens (primary N) is 2. The van der Waals surface area contributed by atoms with Crippen LogP contribution in [0.4, 0.5) is 32.3 Å². The van der Waals surface area contributed by atoms with Crippen LogP contribution in [0, 0.1) is 11.6 Å². The van der Waals surface area contributed by atoms with E-state index in [1.54, 1.807) is 36.4 Å². The molecule has 0 saturated carbocycles. The normalized spacial score (nSPS) is 12.7. The van der Waals surface area contributed by atoms with Gasteiger partial charge in [-0.15, -0.1) is 0 Å². The van der Waals surface area contributed by atoms with Crippen molar-refractivity contribution in [1.82, 2.24) is 19.9 Å². The highest BCUT2D eigenvalue weighted by atomic mass is 35.5. The van der Waals surface area contributed by atoms with Gasteiger partial charge >= 0.3 is 0 Å². The molecule has 0 fully saturated rings. The molecule has 0 amide bonds. The number of benzene rings is 4. The van der Waals surface area contributed by atoms with Gasteiger partial charge < -0.3 is 32.3 Å². The number of anilines is 4. The molecule has 8 N–H and O–H groups in total. The second-order valence-corrected chi connectivity index (χ2v) is 11.2. The van der Waals surface area contributed by atoms with Crippen LogP contribution < -0.4 is 22.1 Å². The zero-order valence-corrected chi connectivity index (χ0v) is 25.4. The lowest BCUT2D eigenvalue weighted by molar-refractivity contribution is 0.127. The van der Waals surface area contributed by atoms with Crippen LogP contribution in [0.3, 0.4) is 0 Å². The number of hydrogen-bond acceptors (Lipinski definition) is 10. The number of hydrogen-bond donors (Lipinski definition) is 6. The van der Waals surface area contributed by atoms with Gasteiger partial charge in [-0.1, -0.05) is 47.5 Å². The Labute approximate surface area is 271 Å². The molecule has 14 heteroatoms. The van der Waals surface area contributed by atoms with Gasteiger partial charge in [0, 0.05) is 32.9 Å². The smallest absolute Gasteiger partial charge is 0.222 e. The van der Waals surface area contributed by atoms with Crippen molar-refractivity contribution in [2.45, 2.75) is 12.1 Å². The van der Waals surface area contributed by atoms with Crippen LogP contribution in [0.2, 0.25) is 10.0 Å². The molecule has 0 bridgehead atoms. The number of aliphatic hydroxyl groups excluding tert-OH is 2. The second-order valence-electron chi connectivity index (χ2n) is 10.4. The Kier molecular flexibility index (Phi) is 8.69. The first-order valence-electron chi connectivity index (χ1n) is 14.0. The molecular weight excluding hydrogens is 637 g/mol. The Balaban J connectivity index is 1.24. The van der Waals surface area contributed by atoms with Crippen molar-refractivity contribution in [3.05, 3.63) is 94.5 Å². The summed E-state index contributed by atoms with van der Waals surface area (Å²) in [5, 5.41) is 29.4. The summed E-state index contributed by atoms with van der Waals surface area (Å²) < 4.78 is 28.9. The number of nitrogen functional groups attached to an aromatic ring is 2. The molecule has 46 heavy (non-hydrogen) atoms. The monoisotopic (exact) mass is 662 g/mol. The molecule has 0 radical (unpaired) electrons. The topological polar surface area (TPSA) is 168 Å². The number of rotatable bonds is 9. The lowest BCUT2D eigenvalue weighted by Gasteiger charge is -2.24. The quantitative estimate of drug-likeness (QED) is 0.110. The van der Waals surface area contributed by atoms with E-state index in [2.05, 4.69) is 30.6 Å². The van der Waals surface area contributed by atoms with Crippen LogP contribution in [-0.4, -0.2) is 55.4 Å². The Morgan fingerprint density at radius 3 is 1.83 bits per heavy atom. The van der Waals surface area contributed by atoms with Gasteiger partial charge in [-0.3, -0.25) is 0 Å². The van der Waals surface area contributed by atoms with E-state index < -0.39 is 30.4 Å². The number of nitrogens with one attached hydrogen (secondary N) is 2. The van der Waals surface area contributed by atoms with Gasteiger partial charge in [0.15, 0.2) is 0 Å². The van der Waals surface area contributed by atoms with Gasteiger partial charge in [0.05, 0.1) is 35.3 Å². The third-order valence-corrected chi connectivity index (χ3v) is 8.02. The number of halogens is 4. The fourth-order valence-corrected chi connectivity index (χ4v) is 5.80. The van der Waals surface area contributed by atoms with Crippen molar-refractivity contribution < 1.29 is 19.0 Å². The minimum Gasteiger partial charge on any atom is -0.394 e. The molecule has 2 aromatic heterocycles. The maximum absolute atomic E-state index is 14.4. The van der Waals surface area contributed by atoms with Crippen molar-refractivity contribution in [3.63, 3.8) is 0 Å². The number of aliphatic hydroxyl groups is 2. The summed E-state index contributed by atoms with van der Waals surface area (Å²) in [7, 11) is 0. The molecule has 2 atom stereocenters. The third-order valence-electron chi connectivity index (χ3n) is 7.39. The van der Waals surface area contributed by atoms with E-state index in [1.165, 1.54) is 18.2 Å². The fourth-order valence-electron chi connectivity index (χ4n) is 5.18. The molecule has 0 aliphatic carbocycles. The first kappa shape index (κ1) is 31.1.